The number of hydrogen-bond donors (Lipinski definition) is 3. The van der Waals surface area contributed by atoms with Gasteiger partial charge in [0.1, 0.15) is 0 Å². The third-order valence-electron chi connectivity index (χ3n) is 1.26. The Hall–Kier alpha value is -1.10. The molecule has 0 bridgehead atoms. The lowest BCUT2D eigenvalue weighted by molar-refractivity contribution is -0.139. The van der Waals surface area contributed by atoms with Gasteiger partial charge in [0.15, 0.2) is 0 Å². The normalized spacial score (nSPS) is 12.9. The molecule has 70 valence electrons. The molecule has 0 aromatic carbocycles. The molecule has 0 rings (SSSR count). The summed E-state index contributed by atoms with van der Waals surface area (Å²) in [5.41, 5.74) is 4.97. The lowest BCUT2D eigenvalue weighted by atomic mass is 10.2. The first-order chi connectivity index (χ1) is 5.43. The zero-order chi connectivity index (χ0) is 9.72. The van der Waals surface area contributed by atoms with Crippen molar-refractivity contribution in [2.24, 2.45) is 5.73 Å². The molecule has 5 heteroatoms. The predicted octanol–water partition coefficient (Wildman–Crippen LogP) is -0.687. The van der Waals surface area contributed by atoms with Gasteiger partial charge in [-0.05, 0) is 0 Å². The van der Waals surface area contributed by atoms with E-state index in [1.165, 1.54) is 0 Å². The van der Waals surface area contributed by atoms with Gasteiger partial charge in [0, 0.05) is 6.04 Å². The zero-order valence-corrected chi connectivity index (χ0v) is 7.20. The van der Waals surface area contributed by atoms with Crippen LogP contribution in [0.1, 0.15) is 20.3 Å². The summed E-state index contributed by atoms with van der Waals surface area (Å²) >= 11 is 0. The molecule has 0 radical (unpaired) electrons. The molecule has 0 aromatic heterocycles. The lowest BCUT2D eigenvalue weighted by Gasteiger charge is -2.15. The molecule has 0 aromatic rings. The van der Waals surface area contributed by atoms with E-state index < -0.39 is 17.9 Å². The Kier molecular flexibility index (Phi) is 4.28. The predicted molar refractivity (Wildman–Crippen MR) is 43.5 cm³/mol. The smallest absolute Gasteiger partial charge is 0.305 e. The summed E-state index contributed by atoms with van der Waals surface area (Å²) in [5.74, 6) is -1.67. The quantitative estimate of drug-likeness (QED) is 0.514. The number of carboxylic acid groups (broad SMARTS) is 1. The minimum atomic E-state index is -1.04. The molecule has 5 nitrogen and oxygen atoms in total. The lowest BCUT2D eigenvalue weighted by Crippen LogP contribution is -2.45. The number of rotatable bonds is 5. The van der Waals surface area contributed by atoms with E-state index in [0.717, 1.165) is 0 Å². The summed E-state index contributed by atoms with van der Waals surface area (Å²) in [7, 11) is 0. The van der Waals surface area contributed by atoms with Crippen LogP contribution in [0.15, 0.2) is 0 Å². The molecule has 0 saturated heterocycles. The summed E-state index contributed by atoms with van der Waals surface area (Å²) in [6, 6.07) is -0.732. The maximum absolute atomic E-state index is 10.7. The molecule has 0 aliphatic carbocycles. The number of carbonyl (C=O) groups excluding carboxylic acids is 1. The van der Waals surface area contributed by atoms with Crippen molar-refractivity contribution in [1.29, 1.82) is 0 Å². The van der Waals surface area contributed by atoms with Crippen LogP contribution in [0.5, 0.6) is 0 Å². The molecule has 1 atom stereocenters. The van der Waals surface area contributed by atoms with E-state index in [4.69, 9.17) is 10.8 Å². The van der Waals surface area contributed by atoms with E-state index in [1.807, 2.05) is 13.8 Å². The number of nitrogens with two attached hydrogens (primary N) is 1. The second-order valence-corrected chi connectivity index (χ2v) is 2.87. The highest BCUT2D eigenvalue weighted by atomic mass is 16.4. The molecule has 0 fully saturated rings. The Morgan fingerprint density at radius 2 is 2.00 bits per heavy atom. The molecule has 1 amide bonds. The monoisotopic (exact) mass is 174 g/mol. The fourth-order valence-corrected chi connectivity index (χ4v) is 0.819. The van der Waals surface area contributed by atoms with Crippen LogP contribution >= 0.6 is 0 Å². The molecule has 0 saturated carbocycles. The number of aliphatic carboxylic acids is 1. The van der Waals surface area contributed by atoms with Crippen LogP contribution in [0.4, 0.5) is 0 Å². The van der Waals surface area contributed by atoms with E-state index in [-0.39, 0.29) is 12.5 Å². The van der Waals surface area contributed by atoms with Gasteiger partial charge in [-0.15, -0.1) is 0 Å². The van der Waals surface area contributed by atoms with Gasteiger partial charge in [-0.1, -0.05) is 13.8 Å². The average Bonchev–Trinajstić information content (AvgIpc) is 1.83. The van der Waals surface area contributed by atoms with Crippen LogP contribution < -0.4 is 11.1 Å². The second-order valence-electron chi connectivity index (χ2n) is 2.87. The molecule has 0 heterocycles. The summed E-state index contributed by atoms with van der Waals surface area (Å²) < 4.78 is 0. The van der Waals surface area contributed by atoms with Gasteiger partial charge in [0.25, 0.3) is 0 Å². The van der Waals surface area contributed by atoms with Gasteiger partial charge in [-0.3, -0.25) is 9.59 Å². The highest BCUT2D eigenvalue weighted by Crippen LogP contribution is 1.93. The van der Waals surface area contributed by atoms with E-state index in [1.54, 1.807) is 0 Å². The maximum Gasteiger partial charge on any atom is 0.305 e. The van der Waals surface area contributed by atoms with Crippen LogP contribution in [0.2, 0.25) is 0 Å². The van der Waals surface area contributed by atoms with Gasteiger partial charge >= 0.3 is 5.97 Å². The standard InChI is InChI=1S/C7H14N2O3/c1-4(2)9-5(7(8)12)3-6(10)11/h4-5,9H,3H2,1-2H3,(H2,8,12)(H,10,11)/t5-/m1/s1. The SMILES string of the molecule is CC(C)N[C@H](CC(=O)O)C(N)=O. The molecule has 0 unspecified atom stereocenters. The highest BCUT2D eigenvalue weighted by molar-refractivity contribution is 5.84. The Morgan fingerprint density at radius 1 is 1.50 bits per heavy atom. The maximum atomic E-state index is 10.7. The van der Waals surface area contributed by atoms with Crippen molar-refractivity contribution in [2.75, 3.05) is 0 Å². The average molecular weight is 174 g/mol. The molecular weight excluding hydrogens is 160 g/mol. The first-order valence-corrected chi connectivity index (χ1v) is 3.70. The number of amides is 1. The summed E-state index contributed by atoms with van der Waals surface area (Å²) in [6.07, 6.45) is -0.270. The van der Waals surface area contributed by atoms with Crippen LogP contribution in [0.25, 0.3) is 0 Å². The number of primary amides is 1. The number of hydrogen-bond acceptors (Lipinski definition) is 3. The molecular formula is C7H14N2O3. The van der Waals surface area contributed by atoms with E-state index >= 15 is 0 Å². The van der Waals surface area contributed by atoms with Gasteiger partial charge < -0.3 is 16.2 Å². The van der Waals surface area contributed by atoms with Gasteiger partial charge in [0.2, 0.25) is 5.91 Å². The Balaban J connectivity index is 4.04. The van der Waals surface area contributed by atoms with E-state index in [0.29, 0.717) is 0 Å². The second kappa shape index (κ2) is 4.71. The minimum absolute atomic E-state index is 0.0434. The van der Waals surface area contributed by atoms with Crippen molar-refractivity contribution in [3.8, 4) is 0 Å². The van der Waals surface area contributed by atoms with Gasteiger partial charge in [-0.25, -0.2) is 0 Å². The number of nitrogens with one attached hydrogen (secondary N) is 1. The first-order valence-electron chi connectivity index (χ1n) is 3.70. The number of carboxylic acids is 1. The van der Waals surface area contributed by atoms with Gasteiger partial charge in [-0.2, -0.15) is 0 Å². The van der Waals surface area contributed by atoms with E-state index in [9.17, 15) is 9.59 Å². The number of carbonyl (C=O) groups is 2. The summed E-state index contributed by atoms with van der Waals surface area (Å²) in [6.45, 7) is 3.63. The Labute approximate surface area is 70.9 Å². The van der Waals surface area contributed by atoms with E-state index in [2.05, 4.69) is 5.32 Å². The highest BCUT2D eigenvalue weighted by Gasteiger charge is 2.18. The Bertz CT molecular complexity index is 179. The largest absolute Gasteiger partial charge is 0.481 e. The van der Waals surface area contributed by atoms with Crippen molar-refractivity contribution in [1.82, 2.24) is 5.32 Å². The van der Waals surface area contributed by atoms with Crippen molar-refractivity contribution >= 4 is 11.9 Å². The Morgan fingerprint density at radius 3 is 2.25 bits per heavy atom. The molecule has 4 N–H and O–H groups in total. The third kappa shape index (κ3) is 4.68. The van der Waals surface area contributed by atoms with Crippen LogP contribution in [0, 0.1) is 0 Å². The first kappa shape index (κ1) is 10.9. The minimum Gasteiger partial charge on any atom is -0.481 e. The summed E-state index contributed by atoms with van der Waals surface area (Å²) in [5, 5.41) is 11.2. The van der Waals surface area contributed by atoms with Crippen LogP contribution in [0.3, 0.4) is 0 Å². The van der Waals surface area contributed by atoms with Crippen LogP contribution in [-0.2, 0) is 9.59 Å². The molecule has 0 spiro atoms. The molecule has 0 aliphatic rings. The van der Waals surface area contributed by atoms with Crippen molar-refractivity contribution < 1.29 is 14.7 Å². The van der Waals surface area contributed by atoms with Crippen LogP contribution in [-0.4, -0.2) is 29.1 Å². The molecule has 0 aliphatic heterocycles. The van der Waals surface area contributed by atoms with Gasteiger partial charge in [0.05, 0.1) is 12.5 Å². The third-order valence-corrected chi connectivity index (χ3v) is 1.26. The topological polar surface area (TPSA) is 92.4 Å². The van der Waals surface area contributed by atoms with Crippen molar-refractivity contribution in [3.05, 3.63) is 0 Å². The van der Waals surface area contributed by atoms with Crippen molar-refractivity contribution in [2.45, 2.75) is 32.4 Å². The fourth-order valence-electron chi connectivity index (χ4n) is 0.819. The van der Waals surface area contributed by atoms with Crippen molar-refractivity contribution in [3.63, 3.8) is 0 Å². The zero-order valence-electron chi connectivity index (χ0n) is 7.20. The summed E-state index contributed by atoms with van der Waals surface area (Å²) in [4.78, 5) is 20.9. The molecule has 12 heavy (non-hydrogen) atoms. The fraction of sp³-hybridized carbons (Fsp3) is 0.714.